The highest BCUT2D eigenvalue weighted by Crippen LogP contribution is 2.42. The highest BCUT2D eigenvalue weighted by molar-refractivity contribution is 8.68. The van der Waals surface area contributed by atoms with Gasteiger partial charge >= 0.3 is 5.97 Å². The van der Waals surface area contributed by atoms with E-state index in [0.29, 0.717) is 23.7 Å². The fourth-order valence-corrected chi connectivity index (χ4v) is 4.81. The standard InChI is InChI=1S/C25H34O3S3/c1-15-11-19(26)17(24(3,4)5)13-21(15)31-22-14-18(25(6,7)8)20(12-16(22)2)28-23(27)9-10-30-29/h11-14,26,29H,9-10H2,1-8H3. The zero-order valence-electron chi connectivity index (χ0n) is 19.8. The first-order chi connectivity index (χ1) is 14.2. The Hall–Kier alpha value is -1.24. The molecule has 0 saturated carbocycles. The second-order valence-corrected chi connectivity index (χ2v) is 12.4. The molecule has 2 aromatic carbocycles. The van der Waals surface area contributed by atoms with Crippen molar-refractivity contribution in [3.05, 3.63) is 46.5 Å². The van der Waals surface area contributed by atoms with Gasteiger partial charge in [-0.3, -0.25) is 4.79 Å². The van der Waals surface area contributed by atoms with Gasteiger partial charge in [0, 0.05) is 26.7 Å². The second-order valence-electron chi connectivity index (χ2n) is 9.91. The number of esters is 1. The van der Waals surface area contributed by atoms with Crippen LogP contribution in [0.5, 0.6) is 11.5 Å². The summed E-state index contributed by atoms with van der Waals surface area (Å²) in [4.78, 5) is 14.5. The third kappa shape index (κ3) is 6.87. The number of ether oxygens (including phenoxy) is 1. The average Bonchev–Trinajstić information content (AvgIpc) is 2.61. The Labute approximate surface area is 200 Å². The molecule has 0 aliphatic rings. The van der Waals surface area contributed by atoms with Crippen molar-refractivity contribution in [3.63, 3.8) is 0 Å². The molecule has 0 radical (unpaired) electrons. The minimum absolute atomic E-state index is 0.151. The fourth-order valence-electron chi connectivity index (χ4n) is 3.25. The molecule has 0 amide bonds. The second kappa shape index (κ2) is 10.1. The molecule has 0 unspecified atom stereocenters. The number of thiol groups is 1. The molecule has 170 valence electrons. The Morgan fingerprint density at radius 2 is 1.45 bits per heavy atom. The molecule has 1 N–H and O–H groups in total. The molecule has 6 heteroatoms. The molecule has 0 aliphatic heterocycles. The number of hydrogen-bond acceptors (Lipinski definition) is 6. The molecule has 0 fully saturated rings. The third-order valence-electron chi connectivity index (χ3n) is 5.03. The lowest BCUT2D eigenvalue weighted by molar-refractivity contribution is -0.133. The first-order valence-electron chi connectivity index (χ1n) is 10.4. The predicted octanol–water partition coefficient (Wildman–Crippen LogP) is 7.63. The van der Waals surface area contributed by atoms with E-state index < -0.39 is 0 Å². The largest absolute Gasteiger partial charge is 0.508 e. The van der Waals surface area contributed by atoms with E-state index in [1.807, 2.05) is 26.0 Å². The summed E-state index contributed by atoms with van der Waals surface area (Å²) in [6.45, 7) is 16.7. The minimum Gasteiger partial charge on any atom is -0.508 e. The summed E-state index contributed by atoms with van der Waals surface area (Å²) in [5, 5.41) is 10.4. The number of aryl methyl sites for hydroxylation is 2. The molecule has 2 rings (SSSR count). The number of carbonyl (C=O) groups is 1. The summed E-state index contributed by atoms with van der Waals surface area (Å²) < 4.78 is 5.73. The van der Waals surface area contributed by atoms with Gasteiger partial charge < -0.3 is 9.84 Å². The fraction of sp³-hybridized carbons (Fsp3) is 0.480. The van der Waals surface area contributed by atoms with Gasteiger partial charge in [-0.25, -0.2) is 0 Å². The molecule has 3 nitrogen and oxygen atoms in total. The molecule has 31 heavy (non-hydrogen) atoms. The smallest absolute Gasteiger partial charge is 0.312 e. The summed E-state index contributed by atoms with van der Waals surface area (Å²) in [7, 11) is 1.33. The maximum absolute atomic E-state index is 12.2. The topological polar surface area (TPSA) is 46.5 Å². The summed E-state index contributed by atoms with van der Waals surface area (Å²) in [6.07, 6.45) is 0.329. The van der Waals surface area contributed by atoms with Crippen LogP contribution in [0.4, 0.5) is 0 Å². The lowest BCUT2D eigenvalue weighted by Crippen LogP contribution is -2.17. The maximum Gasteiger partial charge on any atom is 0.312 e. The van der Waals surface area contributed by atoms with Crippen LogP contribution < -0.4 is 4.74 Å². The van der Waals surface area contributed by atoms with Gasteiger partial charge in [0.2, 0.25) is 0 Å². The van der Waals surface area contributed by atoms with E-state index in [4.69, 9.17) is 4.74 Å². The van der Waals surface area contributed by atoms with Crippen LogP contribution in [0, 0.1) is 13.8 Å². The van der Waals surface area contributed by atoms with Crippen LogP contribution in [0.1, 0.15) is 70.2 Å². The molecule has 0 heterocycles. The molecule has 0 aromatic heterocycles. The third-order valence-corrected chi connectivity index (χ3v) is 7.28. The maximum atomic E-state index is 12.2. The van der Waals surface area contributed by atoms with Crippen molar-refractivity contribution in [3.8, 4) is 11.5 Å². The van der Waals surface area contributed by atoms with E-state index in [1.165, 1.54) is 10.8 Å². The summed E-state index contributed by atoms with van der Waals surface area (Å²) in [6, 6.07) is 8.04. The molecule has 0 aliphatic carbocycles. The van der Waals surface area contributed by atoms with Gasteiger partial charge in [-0.1, -0.05) is 64.1 Å². The summed E-state index contributed by atoms with van der Waals surface area (Å²) in [5.74, 6) is 1.34. The molecule has 0 atom stereocenters. The molecular weight excluding hydrogens is 444 g/mol. The number of carbonyl (C=O) groups excluding carboxylic acids is 1. The quantitative estimate of drug-likeness (QED) is 0.193. The first kappa shape index (κ1) is 26.0. The average molecular weight is 479 g/mol. The van der Waals surface area contributed by atoms with Crippen LogP contribution in [-0.2, 0) is 15.6 Å². The van der Waals surface area contributed by atoms with E-state index in [0.717, 1.165) is 32.0 Å². The number of phenolic OH excluding ortho intramolecular Hbond substituents is 1. The molecule has 0 spiro atoms. The van der Waals surface area contributed by atoms with Gasteiger partial charge in [0.05, 0.1) is 6.42 Å². The van der Waals surface area contributed by atoms with Gasteiger partial charge in [0.1, 0.15) is 11.5 Å². The Kier molecular flexibility index (Phi) is 8.51. The Balaban J connectivity index is 2.48. The van der Waals surface area contributed by atoms with Crippen LogP contribution in [0.2, 0.25) is 0 Å². The van der Waals surface area contributed by atoms with Crippen molar-refractivity contribution < 1.29 is 14.6 Å². The van der Waals surface area contributed by atoms with Gasteiger partial charge in [0.15, 0.2) is 0 Å². The summed E-state index contributed by atoms with van der Waals surface area (Å²) >= 11 is 5.78. The van der Waals surface area contributed by atoms with E-state index in [9.17, 15) is 9.90 Å². The molecular formula is C25H34O3S3. The Morgan fingerprint density at radius 1 is 0.935 bits per heavy atom. The SMILES string of the molecule is Cc1cc(O)c(C(C)(C)C)cc1Sc1cc(C(C)(C)C)c(OC(=O)CCSS)cc1C. The van der Waals surface area contributed by atoms with Gasteiger partial charge in [-0.05, 0) is 60.1 Å². The van der Waals surface area contributed by atoms with Crippen LogP contribution in [0.3, 0.4) is 0 Å². The number of benzene rings is 2. The van der Waals surface area contributed by atoms with Crippen molar-refractivity contribution in [1.29, 1.82) is 0 Å². The van der Waals surface area contributed by atoms with Crippen molar-refractivity contribution in [1.82, 2.24) is 0 Å². The number of aromatic hydroxyl groups is 1. The zero-order valence-corrected chi connectivity index (χ0v) is 22.3. The van der Waals surface area contributed by atoms with Gasteiger partial charge in [-0.2, -0.15) is 0 Å². The Bertz CT molecular complexity index is 954. The predicted molar refractivity (Wildman–Crippen MR) is 137 cm³/mol. The van der Waals surface area contributed by atoms with E-state index in [2.05, 4.69) is 65.3 Å². The van der Waals surface area contributed by atoms with E-state index in [1.54, 1.807) is 11.8 Å². The van der Waals surface area contributed by atoms with E-state index >= 15 is 0 Å². The molecule has 2 aromatic rings. The highest BCUT2D eigenvalue weighted by Gasteiger charge is 2.24. The first-order valence-corrected chi connectivity index (χ1v) is 13.2. The lowest BCUT2D eigenvalue weighted by Gasteiger charge is -2.25. The molecule has 0 bridgehead atoms. The lowest BCUT2D eigenvalue weighted by atomic mass is 9.86. The number of phenols is 1. The van der Waals surface area contributed by atoms with Gasteiger partial charge in [0.25, 0.3) is 0 Å². The monoisotopic (exact) mass is 478 g/mol. The highest BCUT2D eigenvalue weighted by atomic mass is 33.1. The normalized spacial score (nSPS) is 12.2. The molecule has 0 saturated heterocycles. The van der Waals surface area contributed by atoms with Crippen LogP contribution in [0.15, 0.2) is 34.1 Å². The van der Waals surface area contributed by atoms with Crippen molar-refractivity contribution >= 4 is 40.2 Å². The van der Waals surface area contributed by atoms with Crippen LogP contribution in [-0.4, -0.2) is 16.8 Å². The van der Waals surface area contributed by atoms with Crippen LogP contribution in [0.25, 0.3) is 0 Å². The zero-order chi connectivity index (χ0) is 23.6. The van der Waals surface area contributed by atoms with Crippen molar-refractivity contribution in [2.75, 3.05) is 5.75 Å². The van der Waals surface area contributed by atoms with Crippen molar-refractivity contribution in [2.24, 2.45) is 0 Å². The van der Waals surface area contributed by atoms with E-state index in [-0.39, 0.29) is 16.8 Å². The van der Waals surface area contributed by atoms with Crippen molar-refractivity contribution in [2.45, 2.75) is 82.4 Å². The van der Waals surface area contributed by atoms with Gasteiger partial charge in [-0.15, -0.1) is 11.7 Å². The number of hydrogen-bond donors (Lipinski definition) is 2. The Morgan fingerprint density at radius 3 is 1.97 bits per heavy atom. The summed E-state index contributed by atoms with van der Waals surface area (Å²) in [5.41, 5.74) is 3.68. The number of rotatable bonds is 6. The van der Waals surface area contributed by atoms with Crippen LogP contribution >= 0.6 is 34.2 Å². The minimum atomic E-state index is -0.240.